The maximum Gasteiger partial charge on any atom is 0.352 e. The number of rotatable bonds is 12. The van der Waals surface area contributed by atoms with E-state index in [4.69, 9.17) is 20.4 Å². The molecule has 0 saturated carbocycles. The molecule has 17 heteroatoms. The highest BCUT2D eigenvalue weighted by atomic mass is 32.2. The lowest BCUT2D eigenvalue weighted by Crippen LogP contribution is -2.70. The number of amides is 2. The number of thioether (sulfide) groups is 2. The Balaban J connectivity index is 1.35. The minimum Gasteiger partial charge on any atom is -0.481 e. The minimum absolute atomic E-state index is 0.0516. The summed E-state index contributed by atoms with van der Waals surface area (Å²) in [6.07, 6.45) is -1.77. The fraction of sp³-hybridized carbons (Fsp3) is 0.318. The van der Waals surface area contributed by atoms with Crippen LogP contribution in [0.25, 0.3) is 0 Å². The smallest absolute Gasteiger partial charge is 0.352 e. The summed E-state index contributed by atoms with van der Waals surface area (Å²) in [4.78, 5) is 60.2. The molecule has 1 saturated heterocycles. The highest BCUT2D eigenvalue weighted by molar-refractivity contribution is 8.01. The van der Waals surface area contributed by atoms with Crippen molar-refractivity contribution in [2.24, 2.45) is 5.73 Å². The van der Waals surface area contributed by atoms with Crippen molar-refractivity contribution in [1.29, 1.82) is 0 Å². The predicted molar refractivity (Wildman–Crippen MR) is 135 cm³/mol. The molecule has 39 heavy (non-hydrogen) atoms. The molecule has 0 aliphatic carbocycles. The number of β-lactam (4-membered cyclic amide) rings is 1. The second kappa shape index (κ2) is 11.7. The van der Waals surface area contributed by atoms with Crippen molar-refractivity contribution in [3.05, 3.63) is 47.0 Å². The van der Waals surface area contributed by atoms with Crippen LogP contribution in [0.2, 0.25) is 0 Å². The standard InChI is InChI=1S/C22H22N6O9S2/c23-17(21(35)36)24-11-3-1-9(2-4-11)5-12(29)25-15-18(32)28-16(20(33)34)10(7-38-19(15)28)8-39-22-27-26-13(37-22)6-14(30)31/h1-4,15,17,19,24H,5-8,23H2,(H,25,29)(H,30,31)(H,33,34)(H,35,36)/t15?,17?,19-/m0/s1. The van der Waals surface area contributed by atoms with E-state index < -0.39 is 53.7 Å². The van der Waals surface area contributed by atoms with Crippen molar-refractivity contribution in [2.45, 2.75) is 35.6 Å². The molecule has 0 radical (unpaired) electrons. The van der Waals surface area contributed by atoms with E-state index in [0.29, 0.717) is 16.8 Å². The number of aliphatic carboxylic acids is 3. The monoisotopic (exact) mass is 578 g/mol. The SMILES string of the molecule is NC(Nc1ccc(CC(=O)NC2C(=O)N3C(C(=O)O)=C(CSc4nnc(CC(=O)O)o4)CS[C@@H]23)cc1)C(=O)O. The lowest BCUT2D eigenvalue weighted by atomic mass is 10.0. The van der Waals surface area contributed by atoms with Crippen molar-refractivity contribution in [1.82, 2.24) is 20.4 Å². The number of anilines is 1. The van der Waals surface area contributed by atoms with E-state index in [2.05, 4.69) is 20.8 Å². The van der Waals surface area contributed by atoms with Crippen LogP contribution in [0.4, 0.5) is 5.69 Å². The Morgan fingerprint density at radius 2 is 1.87 bits per heavy atom. The third-order valence-corrected chi connectivity index (χ3v) is 7.84. The molecule has 3 atom stereocenters. The molecule has 2 aromatic rings. The van der Waals surface area contributed by atoms with Gasteiger partial charge in [-0.1, -0.05) is 23.9 Å². The van der Waals surface area contributed by atoms with E-state index in [0.717, 1.165) is 16.7 Å². The second-order valence-electron chi connectivity index (χ2n) is 8.37. The number of aromatic nitrogens is 2. The summed E-state index contributed by atoms with van der Waals surface area (Å²) in [6.45, 7) is 0. The number of nitrogens with zero attached hydrogens (tertiary/aromatic N) is 3. The first kappa shape index (κ1) is 27.9. The average Bonchev–Trinajstić information content (AvgIpc) is 3.32. The van der Waals surface area contributed by atoms with E-state index >= 15 is 0 Å². The van der Waals surface area contributed by atoms with E-state index in [1.807, 2.05) is 0 Å². The Bertz CT molecular complexity index is 1350. The van der Waals surface area contributed by atoms with Gasteiger partial charge in [-0.25, -0.2) is 9.59 Å². The molecule has 2 amide bonds. The van der Waals surface area contributed by atoms with E-state index in [9.17, 15) is 29.1 Å². The zero-order valence-electron chi connectivity index (χ0n) is 19.9. The van der Waals surface area contributed by atoms with Gasteiger partial charge in [0, 0.05) is 17.2 Å². The molecule has 1 fully saturated rings. The molecule has 0 spiro atoms. The summed E-state index contributed by atoms with van der Waals surface area (Å²) in [6, 6.07) is 5.48. The van der Waals surface area contributed by atoms with Crippen LogP contribution >= 0.6 is 23.5 Å². The van der Waals surface area contributed by atoms with Gasteiger partial charge in [-0.15, -0.1) is 22.0 Å². The molecule has 2 aliphatic rings. The number of carbonyl (C=O) groups is 5. The summed E-state index contributed by atoms with van der Waals surface area (Å²) in [5.41, 5.74) is 6.77. The molecule has 2 aliphatic heterocycles. The normalized spacial score (nSPS) is 19.1. The van der Waals surface area contributed by atoms with Gasteiger partial charge in [0.05, 0.1) is 6.42 Å². The van der Waals surface area contributed by atoms with Gasteiger partial charge < -0.3 is 36.1 Å². The van der Waals surface area contributed by atoms with Gasteiger partial charge in [0.15, 0.2) is 6.17 Å². The lowest BCUT2D eigenvalue weighted by Gasteiger charge is -2.49. The Morgan fingerprint density at radius 1 is 1.15 bits per heavy atom. The van der Waals surface area contributed by atoms with Crippen molar-refractivity contribution in [3.63, 3.8) is 0 Å². The molecule has 4 rings (SSSR count). The first-order valence-electron chi connectivity index (χ1n) is 11.2. The van der Waals surface area contributed by atoms with Crippen LogP contribution in [0, 0.1) is 0 Å². The van der Waals surface area contributed by atoms with E-state index in [1.165, 1.54) is 11.8 Å². The zero-order valence-corrected chi connectivity index (χ0v) is 21.5. The maximum atomic E-state index is 12.9. The molecule has 1 aromatic heterocycles. The summed E-state index contributed by atoms with van der Waals surface area (Å²) < 4.78 is 5.23. The van der Waals surface area contributed by atoms with Gasteiger partial charge in [0.25, 0.3) is 11.1 Å². The highest BCUT2D eigenvalue weighted by Crippen LogP contribution is 2.41. The van der Waals surface area contributed by atoms with E-state index in [-0.39, 0.29) is 34.7 Å². The molecule has 2 unspecified atom stereocenters. The fourth-order valence-electron chi connectivity index (χ4n) is 3.81. The van der Waals surface area contributed by atoms with E-state index in [1.54, 1.807) is 24.3 Å². The average molecular weight is 579 g/mol. The number of nitrogens with one attached hydrogen (secondary N) is 2. The van der Waals surface area contributed by atoms with Crippen LogP contribution in [-0.2, 0) is 36.8 Å². The Kier molecular flexibility index (Phi) is 8.41. The molecular weight excluding hydrogens is 556 g/mol. The Labute approximate surface area is 228 Å². The fourth-order valence-corrected chi connectivity index (χ4v) is 6.08. The largest absolute Gasteiger partial charge is 0.481 e. The molecule has 0 bridgehead atoms. The van der Waals surface area contributed by atoms with Crippen LogP contribution in [0.5, 0.6) is 0 Å². The topological polar surface area (TPSA) is 238 Å². The number of carbonyl (C=O) groups excluding carboxylic acids is 2. The first-order valence-corrected chi connectivity index (χ1v) is 13.3. The summed E-state index contributed by atoms with van der Waals surface area (Å²) in [5, 5.41) is 39.5. The summed E-state index contributed by atoms with van der Waals surface area (Å²) in [7, 11) is 0. The van der Waals surface area contributed by atoms with Crippen LogP contribution in [-0.4, -0.2) is 89.2 Å². The van der Waals surface area contributed by atoms with Gasteiger partial charge in [-0.05, 0) is 23.3 Å². The van der Waals surface area contributed by atoms with Crippen molar-refractivity contribution in [2.75, 3.05) is 16.8 Å². The Hall–Kier alpha value is -4.09. The Morgan fingerprint density at radius 3 is 2.51 bits per heavy atom. The number of fused-ring (bicyclic) bond motifs is 1. The maximum absolute atomic E-state index is 12.9. The van der Waals surface area contributed by atoms with Crippen molar-refractivity contribution < 1.29 is 43.7 Å². The number of nitrogens with two attached hydrogens (primary N) is 1. The van der Waals surface area contributed by atoms with Crippen LogP contribution in [0.15, 0.2) is 45.2 Å². The zero-order chi connectivity index (χ0) is 28.3. The number of benzene rings is 1. The third kappa shape index (κ3) is 6.50. The molecular formula is C22H22N6O9S2. The molecule has 1 aromatic carbocycles. The van der Waals surface area contributed by atoms with Gasteiger partial charge in [-0.3, -0.25) is 19.3 Å². The minimum atomic E-state index is -1.29. The van der Waals surface area contributed by atoms with Gasteiger partial charge in [-0.2, -0.15) is 0 Å². The molecule has 15 nitrogen and oxygen atoms in total. The number of carboxylic acid groups (broad SMARTS) is 3. The number of hydrogen-bond donors (Lipinski definition) is 6. The first-order chi connectivity index (χ1) is 18.5. The number of hydrogen-bond acceptors (Lipinski definition) is 12. The predicted octanol–water partition coefficient (Wildman–Crippen LogP) is -0.449. The summed E-state index contributed by atoms with van der Waals surface area (Å²) >= 11 is 2.33. The van der Waals surface area contributed by atoms with Crippen LogP contribution in [0.1, 0.15) is 11.5 Å². The van der Waals surface area contributed by atoms with Crippen LogP contribution < -0.4 is 16.4 Å². The number of carboxylic acids is 3. The van der Waals surface area contributed by atoms with Gasteiger partial charge >= 0.3 is 17.9 Å². The molecule has 7 N–H and O–H groups in total. The quantitative estimate of drug-likeness (QED) is 0.106. The van der Waals surface area contributed by atoms with Crippen molar-refractivity contribution in [3.8, 4) is 0 Å². The lowest BCUT2D eigenvalue weighted by molar-refractivity contribution is -0.150. The van der Waals surface area contributed by atoms with Gasteiger partial charge in [0.2, 0.25) is 11.8 Å². The highest BCUT2D eigenvalue weighted by Gasteiger charge is 2.54. The molecule has 3 heterocycles. The van der Waals surface area contributed by atoms with Crippen LogP contribution in [0.3, 0.4) is 0 Å². The van der Waals surface area contributed by atoms with Gasteiger partial charge in [0.1, 0.15) is 23.5 Å². The second-order valence-corrected chi connectivity index (χ2v) is 10.4. The van der Waals surface area contributed by atoms with Crippen molar-refractivity contribution >= 4 is 58.9 Å². The third-order valence-electron chi connectivity index (χ3n) is 5.59. The molecule has 206 valence electrons. The summed E-state index contributed by atoms with van der Waals surface area (Å²) in [5.74, 6) is -4.31.